The molecule has 0 bridgehead atoms. The van der Waals surface area contributed by atoms with Gasteiger partial charge in [-0.1, -0.05) is 24.3 Å². The van der Waals surface area contributed by atoms with E-state index in [1.165, 1.54) is 0 Å². The number of para-hydroxylation sites is 1. The lowest BCUT2D eigenvalue weighted by Crippen LogP contribution is -2.38. The number of hydrogen-bond donors (Lipinski definition) is 1. The van der Waals surface area contributed by atoms with Gasteiger partial charge in [-0.05, 0) is 53.6 Å². The number of anilines is 1. The maximum absolute atomic E-state index is 14.4. The number of amides is 2. The van der Waals surface area contributed by atoms with Crippen molar-refractivity contribution in [3.05, 3.63) is 107 Å². The molecule has 5 rings (SSSR count). The molecule has 0 aliphatic carbocycles. The number of carbonyl (C=O) groups excluding carboxylic acids is 1. The predicted octanol–water partition coefficient (Wildman–Crippen LogP) is 5.91. The molecule has 2 heterocycles. The summed E-state index contributed by atoms with van der Waals surface area (Å²) < 4.78 is 41.1. The molecule has 178 valence electrons. The van der Waals surface area contributed by atoms with Crippen molar-refractivity contribution >= 4 is 11.7 Å². The zero-order chi connectivity index (χ0) is 24.5. The van der Waals surface area contributed by atoms with E-state index in [4.69, 9.17) is 9.47 Å². The van der Waals surface area contributed by atoms with Crippen LogP contribution >= 0.6 is 0 Å². The standard InChI is InChI=1S/C27H23F2N3O3/c1-34-24-12-9-17(14-25(24)35-2)26-23-8-5-13-31(23)22-7-4-3-6-18(22)16-32(26)27(33)30-21-15-19(28)10-11-20(21)29/h3-15,26H,16H2,1-2H3,(H,30,33). The number of halogens is 2. The first-order chi connectivity index (χ1) is 17.0. The Labute approximate surface area is 201 Å². The Hall–Kier alpha value is -4.33. The summed E-state index contributed by atoms with van der Waals surface area (Å²) in [5.41, 5.74) is 3.21. The zero-order valence-electron chi connectivity index (χ0n) is 19.2. The summed E-state index contributed by atoms with van der Waals surface area (Å²) in [5, 5.41) is 2.56. The number of benzene rings is 3. The van der Waals surface area contributed by atoms with Crippen LogP contribution in [0.2, 0.25) is 0 Å². The molecule has 2 amide bonds. The quantitative estimate of drug-likeness (QED) is 0.399. The molecule has 1 aliphatic heterocycles. The molecule has 35 heavy (non-hydrogen) atoms. The molecule has 0 spiro atoms. The third-order valence-corrected chi connectivity index (χ3v) is 6.12. The molecule has 1 aromatic heterocycles. The highest BCUT2D eigenvalue weighted by Crippen LogP contribution is 2.40. The number of ether oxygens (including phenoxy) is 2. The molecule has 0 fully saturated rings. The average Bonchev–Trinajstić information content (AvgIpc) is 3.30. The fraction of sp³-hybridized carbons (Fsp3) is 0.148. The van der Waals surface area contributed by atoms with Crippen LogP contribution in [-0.4, -0.2) is 29.7 Å². The van der Waals surface area contributed by atoms with E-state index < -0.39 is 23.7 Å². The van der Waals surface area contributed by atoms with Gasteiger partial charge in [0.15, 0.2) is 11.5 Å². The Morgan fingerprint density at radius 2 is 1.74 bits per heavy atom. The minimum Gasteiger partial charge on any atom is -0.493 e. The monoisotopic (exact) mass is 475 g/mol. The summed E-state index contributed by atoms with van der Waals surface area (Å²) in [7, 11) is 3.10. The van der Waals surface area contributed by atoms with Crippen LogP contribution in [0.4, 0.5) is 19.3 Å². The average molecular weight is 475 g/mol. The van der Waals surface area contributed by atoms with Crippen LogP contribution in [0.5, 0.6) is 11.5 Å². The normalized spacial score (nSPS) is 14.5. The largest absolute Gasteiger partial charge is 0.493 e. The number of aromatic nitrogens is 1. The number of urea groups is 1. The Morgan fingerprint density at radius 3 is 2.54 bits per heavy atom. The van der Waals surface area contributed by atoms with E-state index in [2.05, 4.69) is 5.32 Å². The lowest BCUT2D eigenvalue weighted by atomic mass is 10.0. The third-order valence-electron chi connectivity index (χ3n) is 6.12. The molecule has 1 atom stereocenters. The number of rotatable bonds is 4. The molecule has 1 aliphatic rings. The van der Waals surface area contributed by atoms with Crippen molar-refractivity contribution in [1.82, 2.24) is 9.47 Å². The molecule has 4 aromatic rings. The maximum Gasteiger partial charge on any atom is 0.323 e. The SMILES string of the molecule is COc1ccc(C2c3cccn3-c3ccccc3CN2C(=O)Nc2cc(F)ccc2F)cc1OC. The molecule has 3 aromatic carbocycles. The predicted molar refractivity (Wildman–Crippen MR) is 128 cm³/mol. The molecule has 1 unspecified atom stereocenters. The fourth-order valence-electron chi connectivity index (χ4n) is 4.49. The summed E-state index contributed by atoms with van der Waals surface area (Å²) >= 11 is 0. The highest BCUT2D eigenvalue weighted by molar-refractivity contribution is 5.90. The Kier molecular flexibility index (Phi) is 5.86. The third kappa shape index (κ3) is 4.07. The zero-order valence-corrected chi connectivity index (χ0v) is 19.2. The lowest BCUT2D eigenvalue weighted by Gasteiger charge is -2.31. The smallest absolute Gasteiger partial charge is 0.323 e. The first-order valence-electron chi connectivity index (χ1n) is 11.0. The molecular weight excluding hydrogens is 452 g/mol. The second kappa shape index (κ2) is 9.13. The summed E-state index contributed by atoms with van der Waals surface area (Å²) in [6, 6.07) is 18.9. The van der Waals surface area contributed by atoms with E-state index in [1.807, 2.05) is 59.3 Å². The molecule has 6 nitrogen and oxygen atoms in total. The van der Waals surface area contributed by atoms with Crippen LogP contribution in [0.1, 0.15) is 22.9 Å². The summed E-state index contributed by atoms with van der Waals surface area (Å²) in [4.78, 5) is 15.2. The Bertz CT molecular complexity index is 1400. The van der Waals surface area contributed by atoms with Crippen molar-refractivity contribution in [2.24, 2.45) is 0 Å². The van der Waals surface area contributed by atoms with Gasteiger partial charge in [0.05, 0.1) is 38.2 Å². The Morgan fingerprint density at radius 1 is 0.943 bits per heavy atom. The van der Waals surface area contributed by atoms with Gasteiger partial charge in [-0.3, -0.25) is 0 Å². The van der Waals surface area contributed by atoms with Gasteiger partial charge in [0, 0.05) is 18.0 Å². The second-order valence-electron chi connectivity index (χ2n) is 8.13. The van der Waals surface area contributed by atoms with Crippen molar-refractivity contribution in [2.45, 2.75) is 12.6 Å². The number of methoxy groups -OCH3 is 2. The first-order valence-corrected chi connectivity index (χ1v) is 11.0. The topological polar surface area (TPSA) is 55.7 Å². The molecule has 0 saturated carbocycles. The maximum atomic E-state index is 14.4. The van der Waals surface area contributed by atoms with Crippen LogP contribution in [-0.2, 0) is 6.54 Å². The van der Waals surface area contributed by atoms with Crippen LogP contribution in [0, 0.1) is 11.6 Å². The van der Waals surface area contributed by atoms with Crippen LogP contribution in [0.3, 0.4) is 0 Å². The van der Waals surface area contributed by atoms with E-state index in [9.17, 15) is 13.6 Å². The van der Waals surface area contributed by atoms with Crippen LogP contribution in [0.15, 0.2) is 79.0 Å². The highest BCUT2D eigenvalue weighted by Gasteiger charge is 2.33. The van der Waals surface area contributed by atoms with Crippen molar-refractivity contribution in [1.29, 1.82) is 0 Å². The van der Waals surface area contributed by atoms with Crippen LogP contribution < -0.4 is 14.8 Å². The van der Waals surface area contributed by atoms with Crippen molar-refractivity contribution in [3.63, 3.8) is 0 Å². The van der Waals surface area contributed by atoms with Gasteiger partial charge < -0.3 is 24.3 Å². The number of nitrogens with one attached hydrogen (secondary N) is 1. The number of fused-ring (bicyclic) bond motifs is 3. The molecule has 1 N–H and O–H groups in total. The molecule has 0 radical (unpaired) electrons. The van der Waals surface area contributed by atoms with E-state index in [1.54, 1.807) is 25.2 Å². The van der Waals surface area contributed by atoms with Gasteiger partial charge in [-0.2, -0.15) is 0 Å². The van der Waals surface area contributed by atoms with E-state index in [-0.39, 0.29) is 12.2 Å². The number of carbonyl (C=O) groups is 1. The highest BCUT2D eigenvalue weighted by atomic mass is 19.1. The van der Waals surface area contributed by atoms with Gasteiger partial charge in [0.1, 0.15) is 11.6 Å². The molecule has 0 saturated heterocycles. The lowest BCUT2D eigenvalue weighted by molar-refractivity contribution is 0.194. The number of nitrogens with zero attached hydrogens (tertiary/aromatic N) is 2. The van der Waals surface area contributed by atoms with Crippen molar-refractivity contribution in [3.8, 4) is 17.2 Å². The fourth-order valence-corrected chi connectivity index (χ4v) is 4.49. The minimum absolute atomic E-state index is 0.228. The second-order valence-corrected chi connectivity index (χ2v) is 8.13. The van der Waals surface area contributed by atoms with Crippen molar-refractivity contribution < 1.29 is 23.0 Å². The van der Waals surface area contributed by atoms with Gasteiger partial charge in [0.2, 0.25) is 0 Å². The van der Waals surface area contributed by atoms with E-state index >= 15 is 0 Å². The Balaban J connectivity index is 1.65. The van der Waals surface area contributed by atoms with Crippen LogP contribution in [0.25, 0.3) is 5.69 Å². The summed E-state index contributed by atoms with van der Waals surface area (Å²) in [6.07, 6.45) is 1.94. The van der Waals surface area contributed by atoms with Gasteiger partial charge >= 0.3 is 6.03 Å². The summed E-state index contributed by atoms with van der Waals surface area (Å²) in [5.74, 6) is -0.294. The minimum atomic E-state index is -0.721. The first kappa shape index (κ1) is 22.5. The van der Waals surface area contributed by atoms with Crippen molar-refractivity contribution in [2.75, 3.05) is 19.5 Å². The molecular formula is C27H23F2N3O3. The molecule has 8 heteroatoms. The van der Waals surface area contributed by atoms with E-state index in [0.29, 0.717) is 11.5 Å². The van der Waals surface area contributed by atoms with Gasteiger partial charge in [-0.25, -0.2) is 13.6 Å². The van der Waals surface area contributed by atoms with Gasteiger partial charge in [-0.15, -0.1) is 0 Å². The summed E-state index contributed by atoms with van der Waals surface area (Å²) in [6.45, 7) is 0.236. The van der Waals surface area contributed by atoms with E-state index in [0.717, 1.165) is 40.7 Å². The number of hydrogen-bond acceptors (Lipinski definition) is 3. The van der Waals surface area contributed by atoms with Gasteiger partial charge in [0.25, 0.3) is 0 Å².